The maximum Gasteiger partial charge on any atom is 0.244 e. The van der Waals surface area contributed by atoms with E-state index in [-0.39, 0.29) is 5.91 Å². The molecule has 33 heavy (non-hydrogen) atoms. The Kier molecular flexibility index (Phi) is 7.96. The van der Waals surface area contributed by atoms with Gasteiger partial charge >= 0.3 is 0 Å². The summed E-state index contributed by atoms with van der Waals surface area (Å²) in [4.78, 5) is 12.3. The number of carbonyl (C=O) groups is 1. The Morgan fingerprint density at radius 3 is 2.42 bits per heavy atom. The van der Waals surface area contributed by atoms with Crippen molar-refractivity contribution < 1.29 is 28.3 Å². The zero-order chi connectivity index (χ0) is 23.8. The van der Waals surface area contributed by atoms with Crippen molar-refractivity contribution in [2.45, 2.75) is 27.0 Å². The lowest BCUT2D eigenvalue weighted by molar-refractivity contribution is -0.116. The number of hydrogen-bond donors (Lipinski definition) is 1. The second-order valence-electron chi connectivity index (χ2n) is 7.23. The molecule has 1 heterocycles. The van der Waals surface area contributed by atoms with E-state index in [1.54, 1.807) is 51.7 Å². The smallest absolute Gasteiger partial charge is 0.244 e. The average molecular weight is 453 g/mol. The fourth-order valence-electron chi connectivity index (χ4n) is 3.20. The van der Waals surface area contributed by atoms with Gasteiger partial charge in [-0.15, -0.1) is 0 Å². The number of aromatic nitrogens is 1. The first-order valence-electron chi connectivity index (χ1n) is 10.3. The minimum atomic E-state index is -0.238. The molecule has 3 aromatic rings. The lowest BCUT2D eigenvalue weighted by atomic mass is 10.1. The van der Waals surface area contributed by atoms with Crippen LogP contribution in [0.25, 0.3) is 6.08 Å². The number of nitrogens with one attached hydrogen (secondary N) is 1. The molecule has 0 unspecified atom stereocenters. The average Bonchev–Trinajstić information content (AvgIpc) is 3.16. The zero-order valence-corrected chi connectivity index (χ0v) is 19.4. The first-order valence-corrected chi connectivity index (χ1v) is 10.3. The minimum Gasteiger partial charge on any atom is -0.497 e. The summed E-state index contributed by atoms with van der Waals surface area (Å²) >= 11 is 0. The third-order valence-corrected chi connectivity index (χ3v) is 5.11. The number of amides is 1. The van der Waals surface area contributed by atoms with Gasteiger partial charge in [0.1, 0.15) is 23.9 Å². The van der Waals surface area contributed by atoms with Crippen LogP contribution in [0.15, 0.2) is 47.0 Å². The van der Waals surface area contributed by atoms with Gasteiger partial charge in [-0.3, -0.25) is 4.79 Å². The van der Waals surface area contributed by atoms with Crippen molar-refractivity contribution in [1.82, 2.24) is 10.5 Å². The number of aryl methyl sites for hydroxylation is 2. The molecular formula is C25H28N2O6. The van der Waals surface area contributed by atoms with E-state index >= 15 is 0 Å². The second kappa shape index (κ2) is 11.1. The number of carbonyl (C=O) groups excluding carboxylic acids is 1. The summed E-state index contributed by atoms with van der Waals surface area (Å²) in [6.45, 7) is 4.35. The Morgan fingerprint density at radius 2 is 1.76 bits per heavy atom. The standard InChI is InChI=1S/C25H28N2O6/c1-16-21(17(2)33-27-16)15-32-23-9-6-18(12-24(23)31-5)7-11-25(28)26-14-19-13-20(29-3)8-10-22(19)30-4/h6-13H,14-15H2,1-5H3,(H,26,28)/b11-7+. The molecule has 3 rings (SSSR count). The van der Waals surface area contributed by atoms with Crippen LogP contribution in [0.5, 0.6) is 23.0 Å². The van der Waals surface area contributed by atoms with Crippen molar-refractivity contribution in [3.63, 3.8) is 0 Å². The number of methoxy groups -OCH3 is 3. The van der Waals surface area contributed by atoms with Gasteiger partial charge in [0.15, 0.2) is 11.5 Å². The van der Waals surface area contributed by atoms with Crippen LogP contribution in [0.2, 0.25) is 0 Å². The molecule has 1 aromatic heterocycles. The first kappa shape index (κ1) is 23.7. The topological polar surface area (TPSA) is 92.1 Å². The third-order valence-electron chi connectivity index (χ3n) is 5.11. The third kappa shape index (κ3) is 6.06. The summed E-state index contributed by atoms with van der Waals surface area (Å²) in [7, 11) is 4.75. The van der Waals surface area contributed by atoms with Gasteiger partial charge in [0, 0.05) is 18.2 Å². The highest BCUT2D eigenvalue weighted by Crippen LogP contribution is 2.30. The molecule has 0 bridgehead atoms. The van der Waals surface area contributed by atoms with Crippen molar-refractivity contribution >= 4 is 12.0 Å². The molecule has 0 aliphatic rings. The summed E-state index contributed by atoms with van der Waals surface area (Å²) in [6.07, 6.45) is 3.17. The predicted molar refractivity (Wildman–Crippen MR) is 124 cm³/mol. The van der Waals surface area contributed by atoms with Crippen molar-refractivity contribution in [3.05, 3.63) is 70.6 Å². The lowest BCUT2D eigenvalue weighted by Crippen LogP contribution is -2.20. The molecular weight excluding hydrogens is 424 g/mol. The second-order valence-corrected chi connectivity index (χ2v) is 7.23. The maximum absolute atomic E-state index is 12.3. The SMILES string of the molecule is COc1ccc(OC)c(CNC(=O)/C=C/c2ccc(OCc3c(C)noc3C)c(OC)c2)c1. The Morgan fingerprint density at radius 1 is 1.00 bits per heavy atom. The van der Waals surface area contributed by atoms with E-state index in [0.717, 1.165) is 28.1 Å². The summed E-state index contributed by atoms with van der Waals surface area (Å²) in [5.41, 5.74) is 3.32. The summed E-state index contributed by atoms with van der Waals surface area (Å²) in [5.74, 6) is 3.01. The molecule has 0 saturated carbocycles. The van der Waals surface area contributed by atoms with Crippen LogP contribution in [0, 0.1) is 13.8 Å². The van der Waals surface area contributed by atoms with Gasteiger partial charge < -0.3 is 28.8 Å². The molecule has 0 fully saturated rings. The van der Waals surface area contributed by atoms with E-state index in [4.69, 9.17) is 23.5 Å². The Hall–Kier alpha value is -3.94. The summed E-state index contributed by atoms with van der Waals surface area (Å²) in [5, 5.41) is 6.78. The lowest BCUT2D eigenvalue weighted by Gasteiger charge is -2.11. The van der Waals surface area contributed by atoms with E-state index in [1.165, 1.54) is 6.08 Å². The minimum absolute atomic E-state index is 0.238. The predicted octanol–water partition coefficient (Wildman–Crippen LogP) is 4.23. The molecule has 0 atom stereocenters. The highest BCUT2D eigenvalue weighted by Gasteiger charge is 2.12. The van der Waals surface area contributed by atoms with Crippen molar-refractivity contribution in [1.29, 1.82) is 0 Å². The summed E-state index contributed by atoms with van der Waals surface area (Å²) < 4.78 is 27.1. The van der Waals surface area contributed by atoms with E-state index in [0.29, 0.717) is 36.1 Å². The van der Waals surface area contributed by atoms with E-state index in [9.17, 15) is 4.79 Å². The fourth-order valence-corrected chi connectivity index (χ4v) is 3.20. The van der Waals surface area contributed by atoms with Crippen molar-refractivity contribution in [2.24, 2.45) is 0 Å². The highest BCUT2D eigenvalue weighted by atomic mass is 16.5. The molecule has 0 spiro atoms. The Bertz CT molecular complexity index is 1120. The molecule has 174 valence electrons. The largest absolute Gasteiger partial charge is 0.497 e. The molecule has 8 nitrogen and oxygen atoms in total. The zero-order valence-electron chi connectivity index (χ0n) is 19.4. The molecule has 8 heteroatoms. The molecule has 1 amide bonds. The molecule has 2 aromatic carbocycles. The molecule has 0 radical (unpaired) electrons. The monoisotopic (exact) mass is 452 g/mol. The number of hydrogen-bond acceptors (Lipinski definition) is 7. The maximum atomic E-state index is 12.3. The van der Waals surface area contributed by atoms with E-state index in [1.807, 2.05) is 26.0 Å². The van der Waals surface area contributed by atoms with Gasteiger partial charge in [0.05, 0.1) is 32.6 Å². The highest BCUT2D eigenvalue weighted by molar-refractivity contribution is 5.91. The van der Waals surface area contributed by atoms with Gasteiger partial charge in [0.25, 0.3) is 0 Å². The number of benzene rings is 2. The summed E-state index contributed by atoms with van der Waals surface area (Å²) in [6, 6.07) is 10.9. The van der Waals surface area contributed by atoms with Gasteiger partial charge in [-0.2, -0.15) is 0 Å². The van der Waals surface area contributed by atoms with Crippen molar-refractivity contribution in [2.75, 3.05) is 21.3 Å². The Balaban J connectivity index is 1.62. The van der Waals surface area contributed by atoms with E-state index < -0.39 is 0 Å². The number of rotatable bonds is 10. The van der Waals surface area contributed by atoms with Crippen LogP contribution < -0.4 is 24.3 Å². The molecule has 0 aliphatic carbocycles. The molecule has 0 saturated heterocycles. The van der Waals surface area contributed by atoms with Gasteiger partial charge in [0.2, 0.25) is 5.91 Å². The molecule has 0 aliphatic heterocycles. The number of ether oxygens (including phenoxy) is 4. The quantitative estimate of drug-likeness (QED) is 0.460. The van der Waals surface area contributed by atoms with Crippen LogP contribution in [0.4, 0.5) is 0 Å². The normalized spacial score (nSPS) is 10.8. The van der Waals surface area contributed by atoms with Crippen LogP contribution in [0.3, 0.4) is 0 Å². The fraction of sp³-hybridized carbons (Fsp3) is 0.280. The molecule has 1 N–H and O–H groups in total. The van der Waals surface area contributed by atoms with Gasteiger partial charge in [-0.25, -0.2) is 0 Å². The van der Waals surface area contributed by atoms with Crippen LogP contribution in [0.1, 0.15) is 28.1 Å². The number of nitrogens with zero attached hydrogens (tertiary/aromatic N) is 1. The van der Waals surface area contributed by atoms with Gasteiger partial charge in [-0.05, 0) is 55.8 Å². The van der Waals surface area contributed by atoms with Gasteiger partial charge in [-0.1, -0.05) is 11.2 Å². The van der Waals surface area contributed by atoms with Crippen LogP contribution in [-0.4, -0.2) is 32.4 Å². The van der Waals surface area contributed by atoms with Crippen LogP contribution >= 0.6 is 0 Å². The first-order chi connectivity index (χ1) is 15.9. The Labute approximate surface area is 193 Å². The van der Waals surface area contributed by atoms with Crippen LogP contribution in [-0.2, 0) is 17.9 Å². The van der Waals surface area contributed by atoms with Crippen molar-refractivity contribution in [3.8, 4) is 23.0 Å². The van der Waals surface area contributed by atoms with E-state index in [2.05, 4.69) is 10.5 Å².